The lowest BCUT2D eigenvalue weighted by Gasteiger charge is -1.97. The average Bonchev–Trinajstić information content (AvgIpc) is 2.98. The van der Waals surface area contributed by atoms with Crippen molar-refractivity contribution in [1.82, 2.24) is 25.2 Å². The van der Waals surface area contributed by atoms with Crippen LogP contribution >= 0.6 is 0 Å². The minimum atomic E-state index is -0.567. The number of hydrogen-bond acceptors (Lipinski definition) is 5. The van der Waals surface area contributed by atoms with Crippen LogP contribution in [0.3, 0.4) is 0 Å². The summed E-state index contributed by atoms with van der Waals surface area (Å²) in [6.45, 7) is 0. The summed E-state index contributed by atoms with van der Waals surface area (Å²) in [5, 5.41) is 20.8. The third-order valence-corrected chi connectivity index (χ3v) is 2.61. The number of aromatic nitrogens is 5. The monoisotopic (exact) mass is 266 g/mol. The van der Waals surface area contributed by atoms with Crippen molar-refractivity contribution >= 4 is 0 Å². The van der Waals surface area contributed by atoms with E-state index < -0.39 is 5.95 Å². The van der Waals surface area contributed by atoms with Crippen molar-refractivity contribution in [3.8, 4) is 23.1 Å². The zero-order chi connectivity index (χ0) is 13.9. The molecule has 0 saturated heterocycles. The summed E-state index contributed by atoms with van der Waals surface area (Å²) in [6.07, 6.45) is 1.34. The van der Waals surface area contributed by atoms with Gasteiger partial charge in [0.15, 0.2) is 0 Å². The second-order valence-electron chi connectivity index (χ2n) is 3.93. The van der Waals surface area contributed by atoms with E-state index in [9.17, 15) is 4.39 Å². The lowest BCUT2D eigenvalue weighted by atomic mass is 10.2. The zero-order valence-electron chi connectivity index (χ0n) is 10.1. The van der Waals surface area contributed by atoms with Crippen molar-refractivity contribution in [2.24, 2.45) is 0 Å². The molecule has 2 aromatic heterocycles. The van der Waals surface area contributed by atoms with E-state index in [1.165, 1.54) is 23.1 Å². The van der Waals surface area contributed by atoms with Crippen molar-refractivity contribution in [3.05, 3.63) is 54.1 Å². The number of tetrazole rings is 1. The Morgan fingerprint density at radius 2 is 2.10 bits per heavy atom. The van der Waals surface area contributed by atoms with Crippen LogP contribution < -0.4 is 0 Å². The normalized spacial score (nSPS) is 10.2. The van der Waals surface area contributed by atoms with E-state index in [0.717, 1.165) is 0 Å². The number of benzene rings is 1. The molecule has 96 valence electrons. The Morgan fingerprint density at radius 3 is 2.85 bits per heavy atom. The van der Waals surface area contributed by atoms with E-state index in [2.05, 4.69) is 20.4 Å². The molecule has 1 aromatic carbocycles. The minimum Gasteiger partial charge on any atom is -0.228 e. The van der Waals surface area contributed by atoms with E-state index >= 15 is 0 Å². The van der Waals surface area contributed by atoms with E-state index in [0.29, 0.717) is 22.6 Å². The number of nitriles is 1. The van der Waals surface area contributed by atoms with Gasteiger partial charge in [-0.3, -0.25) is 0 Å². The predicted octanol–water partition coefficient (Wildman–Crippen LogP) is 1.74. The molecule has 7 heteroatoms. The number of pyridine rings is 1. The van der Waals surface area contributed by atoms with E-state index in [1.54, 1.807) is 24.3 Å². The van der Waals surface area contributed by atoms with Gasteiger partial charge in [0.2, 0.25) is 11.8 Å². The van der Waals surface area contributed by atoms with Gasteiger partial charge in [0.25, 0.3) is 0 Å². The summed E-state index contributed by atoms with van der Waals surface area (Å²) in [4.78, 5) is 4.84. The molecule has 0 fully saturated rings. The quantitative estimate of drug-likeness (QED) is 0.660. The third-order valence-electron chi connectivity index (χ3n) is 2.61. The molecule has 3 rings (SSSR count). The predicted molar refractivity (Wildman–Crippen MR) is 67.1 cm³/mol. The summed E-state index contributed by atoms with van der Waals surface area (Å²) >= 11 is 0. The fraction of sp³-hybridized carbons (Fsp3) is 0. The smallest absolute Gasteiger partial charge is 0.212 e. The van der Waals surface area contributed by atoms with Crippen LogP contribution in [0.5, 0.6) is 0 Å². The maximum atomic E-state index is 12.8. The fourth-order valence-electron chi connectivity index (χ4n) is 1.65. The van der Waals surface area contributed by atoms with Crippen LogP contribution in [0, 0.1) is 17.3 Å². The molecular weight excluding hydrogens is 259 g/mol. The Labute approximate surface area is 113 Å². The molecule has 0 spiro atoms. The molecule has 0 unspecified atom stereocenters. The molecule has 20 heavy (non-hydrogen) atoms. The largest absolute Gasteiger partial charge is 0.228 e. The number of rotatable bonds is 2. The van der Waals surface area contributed by atoms with Crippen LogP contribution in [0.1, 0.15) is 5.56 Å². The fourth-order valence-corrected chi connectivity index (χ4v) is 1.65. The molecule has 0 atom stereocenters. The van der Waals surface area contributed by atoms with Gasteiger partial charge in [0, 0.05) is 11.8 Å². The molecule has 0 amide bonds. The van der Waals surface area contributed by atoms with Gasteiger partial charge in [-0.15, -0.1) is 15.0 Å². The van der Waals surface area contributed by atoms with E-state index in [1.807, 2.05) is 6.07 Å². The maximum Gasteiger partial charge on any atom is 0.212 e. The first-order chi connectivity index (χ1) is 9.76. The van der Waals surface area contributed by atoms with E-state index in [4.69, 9.17) is 5.26 Å². The topological polar surface area (TPSA) is 80.3 Å². The summed E-state index contributed by atoms with van der Waals surface area (Å²) in [7, 11) is 0. The average molecular weight is 266 g/mol. The highest BCUT2D eigenvalue weighted by Crippen LogP contribution is 2.14. The second kappa shape index (κ2) is 4.85. The Hall–Kier alpha value is -3.14. The number of halogens is 1. The molecule has 0 aliphatic rings. The summed E-state index contributed by atoms with van der Waals surface area (Å²) in [5.74, 6) is -0.234. The van der Waals surface area contributed by atoms with Gasteiger partial charge in [-0.2, -0.15) is 9.65 Å². The first-order valence-electron chi connectivity index (χ1n) is 5.69. The van der Waals surface area contributed by atoms with Crippen molar-refractivity contribution in [2.75, 3.05) is 0 Å². The van der Waals surface area contributed by atoms with Gasteiger partial charge in [-0.25, -0.2) is 4.98 Å². The van der Waals surface area contributed by atoms with Crippen LogP contribution in [0.4, 0.5) is 4.39 Å². The van der Waals surface area contributed by atoms with E-state index in [-0.39, 0.29) is 0 Å². The molecule has 6 nitrogen and oxygen atoms in total. The van der Waals surface area contributed by atoms with Gasteiger partial charge < -0.3 is 0 Å². The summed E-state index contributed by atoms with van der Waals surface area (Å²) < 4.78 is 12.8. The molecular formula is C13H7FN6. The van der Waals surface area contributed by atoms with Gasteiger partial charge in [-0.05, 0) is 35.5 Å². The van der Waals surface area contributed by atoms with Crippen LogP contribution in [-0.4, -0.2) is 25.2 Å². The molecule has 0 saturated carbocycles. The van der Waals surface area contributed by atoms with Crippen LogP contribution in [0.15, 0.2) is 42.6 Å². The number of hydrogen-bond donors (Lipinski definition) is 0. The maximum absolute atomic E-state index is 12.8. The SMILES string of the molecule is N#Cc1cccc(-n2nnc(-c3ccc(F)nc3)n2)c1. The molecule has 0 radical (unpaired) electrons. The van der Waals surface area contributed by atoms with Crippen molar-refractivity contribution in [3.63, 3.8) is 0 Å². The molecule has 0 bridgehead atoms. The van der Waals surface area contributed by atoms with Crippen molar-refractivity contribution in [2.45, 2.75) is 0 Å². The summed E-state index contributed by atoms with van der Waals surface area (Å²) in [5.41, 5.74) is 1.69. The third kappa shape index (κ3) is 2.22. The Kier molecular flexibility index (Phi) is 2.89. The Morgan fingerprint density at radius 1 is 1.20 bits per heavy atom. The molecule has 0 N–H and O–H groups in total. The summed E-state index contributed by atoms with van der Waals surface area (Å²) in [6, 6.07) is 11.6. The van der Waals surface area contributed by atoms with Gasteiger partial charge in [-0.1, -0.05) is 6.07 Å². The van der Waals surface area contributed by atoms with Crippen molar-refractivity contribution < 1.29 is 4.39 Å². The van der Waals surface area contributed by atoms with Gasteiger partial charge >= 0.3 is 0 Å². The minimum absolute atomic E-state index is 0.333. The lowest BCUT2D eigenvalue weighted by Crippen LogP contribution is -1.99. The highest BCUT2D eigenvalue weighted by Gasteiger charge is 2.08. The highest BCUT2D eigenvalue weighted by molar-refractivity contribution is 5.52. The molecule has 0 aliphatic carbocycles. The number of nitrogens with zero attached hydrogens (tertiary/aromatic N) is 6. The van der Waals surface area contributed by atoms with Crippen molar-refractivity contribution in [1.29, 1.82) is 5.26 Å². The Balaban J connectivity index is 1.97. The lowest BCUT2D eigenvalue weighted by molar-refractivity contribution is 0.584. The molecule has 2 heterocycles. The van der Waals surface area contributed by atoms with Gasteiger partial charge in [0.1, 0.15) is 0 Å². The Bertz CT molecular complexity index is 787. The van der Waals surface area contributed by atoms with Gasteiger partial charge in [0.05, 0.1) is 17.3 Å². The first kappa shape index (κ1) is 11.9. The first-order valence-corrected chi connectivity index (χ1v) is 5.69. The van der Waals surface area contributed by atoms with Crippen LogP contribution in [-0.2, 0) is 0 Å². The van der Waals surface area contributed by atoms with Crippen LogP contribution in [0.25, 0.3) is 17.1 Å². The zero-order valence-corrected chi connectivity index (χ0v) is 10.1. The highest BCUT2D eigenvalue weighted by atomic mass is 19.1. The molecule has 0 aliphatic heterocycles. The molecule has 3 aromatic rings. The van der Waals surface area contributed by atoms with Crippen LogP contribution in [0.2, 0.25) is 0 Å². The second-order valence-corrected chi connectivity index (χ2v) is 3.93. The standard InChI is InChI=1S/C13H7FN6/c14-12-5-4-10(8-16-12)13-17-19-20(18-13)11-3-1-2-9(6-11)7-15/h1-6,8H.